The fraction of sp³-hybridized carbons (Fsp3) is 0.818. The summed E-state index contributed by atoms with van der Waals surface area (Å²) in [6.07, 6.45) is -1.89. The zero-order chi connectivity index (χ0) is 13.7. The molecule has 18 heavy (non-hydrogen) atoms. The van der Waals surface area contributed by atoms with Gasteiger partial charge in [0.2, 0.25) is 6.41 Å². The van der Waals surface area contributed by atoms with Gasteiger partial charge in [-0.3, -0.25) is 9.69 Å². The predicted octanol–water partition coefficient (Wildman–Crippen LogP) is 0.346. The highest BCUT2D eigenvalue weighted by atomic mass is 19.2. The van der Waals surface area contributed by atoms with Gasteiger partial charge >= 0.3 is 5.97 Å². The molecule has 2 unspecified atom stereocenters. The molecule has 0 spiro atoms. The number of rotatable bonds is 7. The van der Waals surface area contributed by atoms with Crippen LogP contribution in [0.15, 0.2) is 0 Å². The lowest BCUT2D eigenvalue weighted by Gasteiger charge is -2.24. The molecule has 0 saturated carbocycles. The smallest absolute Gasteiger partial charge is 0.326 e. The molecular formula is C11H18F2N2O3. The zero-order valence-corrected chi connectivity index (χ0v) is 10.2. The lowest BCUT2D eigenvalue weighted by Crippen LogP contribution is -2.38. The number of aliphatic carboxylic acids is 1. The van der Waals surface area contributed by atoms with Crippen LogP contribution in [0.5, 0.6) is 0 Å². The van der Waals surface area contributed by atoms with E-state index in [0.29, 0.717) is 12.8 Å². The van der Waals surface area contributed by atoms with Crippen molar-refractivity contribution < 1.29 is 23.5 Å². The van der Waals surface area contributed by atoms with Gasteiger partial charge in [0, 0.05) is 19.1 Å². The summed E-state index contributed by atoms with van der Waals surface area (Å²) in [5, 5.41) is 11.0. The minimum absolute atomic E-state index is 0.0428. The molecule has 4 atom stereocenters. The molecule has 7 heteroatoms. The van der Waals surface area contributed by atoms with Crippen molar-refractivity contribution in [2.75, 3.05) is 13.1 Å². The Bertz CT molecular complexity index is 294. The molecule has 1 heterocycles. The van der Waals surface area contributed by atoms with Crippen LogP contribution in [0.3, 0.4) is 0 Å². The molecule has 0 aromatic rings. The highest BCUT2D eigenvalue weighted by molar-refractivity contribution is 5.76. The molecule has 1 rings (SSSR count). The third-order valence-electron chi connectivity index (χ3n) is 3.27. The molecule has 1 amide bonds. The molecule has 0 aliphatic carbocycles. The third kappa shape index (κ3) is 3.90. The Hall–Kier alpha value is -1.24. The summed E-state index contributed by atoms with van der Waals surface area (Å²) in [4.78, 5) is 22.7. The second-order valence-electron chi connectivity index (χ2n) is 4.59. The lowest BCUT2D eigenvalue weighted by atomic mass is 10.1. The van der Waals surface area contributed by atoms with Gasteiger partial charge in [-0.2, -0.15) is 0 Å². The maximum absolute atomic E-state index is 13.0. The van der Waals surface area contributed by atoms with Gasteiger partial charge in [-0.25, -0.2) is 13.6 Å². The quantitative estimate of drug-likeness (QED) is 0.651. The number of halogens is 2. The van der Waals surface area contributed by atoms with Crippen LogP contribution in [0.2, 0.25) is 0 Å². The summed E-state index contributed by atoms with van der Waals surface area (Å²) in [5.74, 6) is -1.11. The molecule has 104 valence electrons. The standard InChI is InChI=1S/C11H18F2N2O3/c1-7(15-4-8(12)9(13)5-15)2-3-10(11(17)18)14-6-16/h6-10H,2-5H2,1H3,(H,14,16)(H,17,18)/t7?,8-,9-,10?/m1/s1. The van der Waals surface area contributed by atoms with Crippen LogP contribution in [0.4, 0.5) is 8.78 Å². The van der Waals surface area contributed by atoms with Crippen molar-refractivity contribution in [2.24, 2.45) is 0 Å². The topological polar surface area (TPSA) is 69.6 Å². The van der Waals surface area contributed by atoms with E-state index < -0.39 is 24.4 Å². The Morgan fingerprint density at radius 1 is 1.44 bits per heavy atom. The number of nitrogens with zero attached hydrogens (tertiary/aromatic N) is 1. The Kier molecular flexibility index (Phi) is 5.46. The van der Waals surface area contributed by atoms with Gasteiger partial charge in [-0.15, -0.1) is 0 Å². The molecule has 1 aliphatic rings. The fourth-order valence-electron chi connectivity index (χ4n) is 2.06. The second kappa shape index (κ2) is 6.63. The third-order valence-corrected chi connectivity index (χ3v) is 3.27. The molecule has 5 nitrogen and oxygen atoms in total. The highest BCUT2D eigenvalue weighted by Crippen LogP contribution is 2.21. The number of likely N-dealkylation sites (tertiary alicyclic amines) is 1. The van der Waals surface area contributed by atoms with E-state index in [4.69, 9.17) is 5.11 Å². The van der Waals surface area contributed by atoms with E-state index in [1.165, 1.54) is 0 Å². The molecule has 1 aliphatic heterocycles. The van der Waals surface area contributed by atoms with Crippen molar-refractivity contribution in [2.45, 2.75) is 44.2 Å². The number of alkyl halides is 2. The second-order valence-corrected chi connectivity index (χ2v) is 4.59. The summed E-state index contributed by atoms with van der Waals surface area (Å²) in [5.41, 5.74) is 0. The molecule has 0 aromatic carbocycles. The summed E-state index contributed by atoms with van der Waals surface area (Å²) in [6, 6.07) is -1.06. The average molecular weight is 264 g/mol. The largest absolute Gasteiger partial charge is 0.480 e. The van der Waals surface area contributed by atoms with E-state index in [9.17, 15) is 18.4 Å². The Balaban J connectivity index is 2.38. The SMILES string of the molecule is CC(CCC(NC=O)C(=O)O)N1C[C@@H](F)[C@H](F)C1. The van der Waals surface area contributed by atoms with E-state index >= 15 is 0 Å². The van der Waals surface area contributed by atoms with Gasteiger partial charge < -0.3 is 10.4 Å². The molecular weight excluding hydrogens is 246 g/mol. The normalized spacial score (nSPS) is 27.7. The number of carbonyl (C=O) groups excluding carboxylic acids is 1. The zero-order valence-electron chi connectivity index (χ0n) is 10.2. The lowest BCUT2D eigenvalue weighted by molar-refractivity contribution is -0.140. The Morgan fingerprint density at radius 3 is 2.44 bits per heavy atom. The van der Waals surface area contributed by atoms with Crippen molar-refractivity contribution in [1.29, 1.82) is 0 Å². The maximum Gasteiger partial charge on any atom is 0.326 e. The van der Waals surface area contributed by atoms with E-state index in [2.05, 4.69) is 5.32 Å². The van der Waals surface area contributed by atoms with Crippen molar-refractivity contribution in [3.8, 4) is 0 Å². The number of carbonyl (C=O) groups is 2. The van der Waals surface area contributed by atoms with Crippen LogP contribution < -0.4 is 5.32 Å². The molecule has 0 aromatic heterocycles. The van der Waals surface area contributed by atoms with E-state index in [1.54, 1.807) is 11.8 Å². The molecule has 2 N–H and O–H groups in total. The first kappa shape index (κ1) is 14.8. The van der Waals surface area contributed by atoms with Gasteiger partial charge in [0.1, 0.15) is 18.4 Å². The minimum Gasteiger partial charge on any atom is -0.480 e. The van der Waals surface area contributed by atoms with Gasteiger partial charge in [0.25, 0.3) is 0 Å². The van der Waals surface area contributed by atoms with Crippen molar-refractivity contribution in [1.82, 2.24) is 10.2 Å². The molecule has 1 fully saturated rings. The first-order valence-electron chi connectivity index (χ1n) is 5.90. The first-order chi connectivity index (χ1) is 8.45. The number of nitrogens with one attached hydrogen (secondary N) is 1. The van der Waals surface area contributed by atoms with Crippen LogP contribution in [0.1, 0.15) is 19.8 Å². The molecule has 0 radical (unpaired) electrons. The predicted molar refractivity (Wildman–Crippen MR) is 60.7 cm³/mol. The van der Waals surface area contributed by atoms with Gasteiger partial charge in [-0.05, 0) is 19.8 Å². The molecule has 0 bridgehead atoms. The van der Waals surface area contributed by atoms with Gasteiger partial charge in [0.15, 0.2) is 0 Å². The van der Waals surface area contributed by atoms with E-state index in [-0.39, 0.29) is 25.6 Å². The number of hydrogen-bond acceptors (Lipinski definition) is 3. The Morgan fingerprint density at radius 2 is 2.00 bits per heavy atom. The number of hydrogen-bond donors (Lipinski definition) is 2. The number of carboxylic acids is 1. The fourth-order valence-corrected chi connectivity index (χ4v) is 2.06. The van der Waals surface area contributed by atoms with Crippen LogP contribution in [-0.2, 0) is 9.59 Å². The van der Waals surface area contributed by atoms with E-state index in [1.807, 2.05) is 0 Å². The first-order valence-corrected chi connectivity index (χ1v) is 5.90. The average Bonchev–Trinajstić information content (AvgIpc) is 2.64. The van der Waals surface area contributed by atoms with Crippen LogP contribution in [-0.4, -0.2) is 59.9 Å². The Labute approximate surface area is 104 Å². The summed E-state index contributed by atoms with van der Waals surface area (Å²) in [7, 11) is 0. The van der Waals surface area contributed by atoms with Crippen LogP contribution in [0, 0.1) is 0 Å². The van der Waals surface area contributed by atoms with Gasteiger partial charge in [-0.1, -0.05) is 0 Å². The number of carboxylic acid groups (broad SMARTS) is 1. The monoisotopic (exact) mass is 264 g/mol. The van der Waals surface area contributed by atoms with Gasteiger partial charge in [0.05, 0.1) is 0 Å². The number of amides is 1. The van der Waals surface area contributed by atoms with Crippen LogP contribution in [0.25, 0.3) is 0 Å². The minimum atomic E-state index is -1.46. The van der Waals surface area contributed by atoms with Crippen molar-refractivity contribution in [3.63, 3.8) is 0 Å². The summed E-state index contributed by atoms with van der Waals surface area (Å²) in [6.45, 7) is 1.88. The van der Waals surface area contributed by atoms with Crippen molar-refractivity contribution >= 4 is 12.4 Å². The summed E-state index contributed by atoms with van der Waals surface area (Å²) >= 11 is 0. The maximum atomic E-state index is 13.0. The van der Waals surface area contributed by atoms with Crippen molar-refractivity contribution in [3.05, 3.63) is 0 Å². The summed E-state index contributed by atoms with van der Waals surface area (Å²) < 4.78 is 26.0. The highest BCUT2D eigenvalue weighted by Gasteiger charge is 2.35. The van der Waals surface area contributed by atoms with Crippen LogP contribution >= 0.6 is 0 Å². The van der Waals surface area contributed by atoms with E-state index in [0.717, 1.165) is 0 Å². The molecule has 1 saturated heterocycles.